The van der Waals surface area contributed by atoms with Crippen molar-refractivity contribution in [3.05, 3.63) is 0 Å². The predicted octanol–water partition coefficient (Wildman–Crippen LogP) is 0.339. The summed E-state index contributed by atoms with van der Waals surface area (Å²) in [6.45, 7) is 4.61. The lowest BCUT2D eigenvalue weighted by Gasteiger charge is -2.25. The van der Waals surface area contributed by atoms with Crippen LogP contribution < -0.4 is 0 Å². The molecule has 6 nitrogen and oxygen atoms in total. The number of carbonyl (C=O) groups is 3. The molecule has 0 saturated carbocycles. The maximum absolute atomic E-state index is 12.2. The average molecular weight is 289 g/mol. The van der Waals surface area contributed by atoms with Crippen LogP contribution in [0.5, 0.6) is 0 Å². The molecule has 108 valence electrons. The molecule has 1 saturated heterocycles. The van der Waals surface area contributed by atoms with Crippen molar-refractivity contribution in [3.63, 3.8) is 0 Å². The van der Waals surface area contributed by atoms with E-state index in [1.807, 2.05) is 0 Å². The van der Waals surface area contributed by atoms with E-state index >= 15 is 0 Å². The van der Waals surface area contributed by atoms with Crippen molar-refractivity contribution in [2.75, 3.05) is 12.3 Å². The fraction of sp³-hybridized carbons (Fsp3) is 0.750. The molecule has 1 rings (SSSR count). The van der Waals surface area contributed by atoms with E-state index in [4.69, 9.17) is 5.11 Å². The number of likely N-dealkylation sites (tertiary alicyclic amines) is 1. The minimum absolute atomic E-state index is 0.0118. The van der Waals surface area contributed by atoms with Crippen LogP contribution in [0.4, 0.5) is 0 Å². The van der Waals surface area contributed by atoms with Gasteiger partial charge in [0.25, 0.3) is 0 Å². The summed E-state index contributed by atoms with van der Waals surface area (Å²) >= 11 is 1.04. The minimum atomic E-state index is -1.17. The Bertz CT molecular complexity index is 396. The van der Waals surface area contributed by atoms with Gasteiger partial charge >= 0.3 is 5.97 Å². The molecular weight excluding hydrogens is 270 g/mol. The van der Waals surface area contributed by atoms with Crippen molar-refractivity contribution in [3.8, 4) is 0 Å². The van der Waals surface area contributed by atoms with Gasteiger partial charge in [-0.3, -0.25) is 9.59 Å². The SMILES string of the molecule is CC(=O)SCC(C)C(=O)N1CC(C)(O)C[C@H]1C(=O)O. The minimum Gasteiger partial charge on any atom is -0.480 e. The molecule has 0 aromatic heterocycles. The normalized spacial score (nSPS) is 28.2. The van der Waals surface area contributed by atoms with Crippen molar-refractivity contribution >= 4 is 28.8 Å². The van der Waals surface area contributed by atoms with Crippen molar-refractivity contribution in [2.45, 2.75) is 38.8 Å². The largest absolute Gasteiger partial charge is 0.480 e. The quantitative estimate of drug-likeness (QED) is 0.775. The highest BCUT2D eigenvalue weighted by Crippen LogP contribution is 2.28. The second kappa shape index (κ2) is 5.92. The number of hydrogen-bond donors (Lipinski definition) is 2. The number of amides is 1. The molecular formula is C12H19NO5S. The number of carboxylic acids is 1. The number of rotatable bonds is 4. The number of thioether (sulfide) groups is 1. The number of aliphatic hydroxyl groups is 1. The standard InChI is InChI=1S/C12H19NO5S/c1-7(5-19-8(2)14)10(15)13-6-12(3,18)4-9(13)11(16)17/h7,9,18H,4-6H2,1-3H3,(H,16,17)/t7?,9-,12?/m0/s1. The summed E-state index contributed by atoms with van der Waals surface area (Å²) in [5.41, 5.74) is -1.17. The van der Waals surface area contributed by atoms with E-state index in [1.165, 1.54) is 18.7 Å². The van der Waals surface area contributed by atoms with Crippen LogP contribution in [-0.2, 0) is 14.4 Å². The van der Waals surface area contributed by atoms with Gasteiger partial charge in [-0.1, -0.05) is 18.7 Å². The molecule has 2 unspecified atom stereocenters. The Kier molecular flexibility index (Phi) is 4.98. The molecule has 0 spiro atoms. The van der Waals surface area contributed by atoms with Crippen LogP contribution in [-0.4, -0.2) is 56.0 Å². The molecule has 0 aromatic carbocycles. The maximum atomic E-state index is 12.2. The zero-order valence-corrected chi connectivity index (χ0v) is 12.1. The van der Waals surface area contributed by atoms with E-state index < -0.39 is 23.5 Å². The molecule has 19 heavy (non-hydrogen) atoms. The van der Waals surface area contributed by atoms with Gasteiger partial charge in [0.1, 0.15) is 6.04 Å². The van der Waals surface area contributed by atoms with Gasteiger partial charge in [0.05, 0.1) is 12.1 Å². The van der Waals surface area contributed by atoms with Gasteiger partial charge in [0.15, 0.2) is 5.12 Å². The summed E-state index contributed by atoms with van der Waals surface area (Å²) in [5.74, 6) is -1.58. The Morgan fingerprint density at radius 3 is 2.53 bits per heavy atom. The Balaban J connectivity index is 2.73. The van der Waals surface area contributed by atoms with E-state index in [9.17, 15) is 19.5 Å². The zero-order valence-electron chi connectivity index (χ0n) is 11.3. The highest BCUT2D eigenvalue weighted by atomic mass is 32.2. The van der Waals surface area contributed by atoms with Crippen LogP contribution in [0.25, 0.3) is 0 Å². The highest BCUT2D eigenvalue weighted by molar-refractivity contribution is 8.13. The molecule has 3 atom stereocenters. The first-order chi connectivity index (χ1) is 8.64. The number of aliphatic carboxylic acids is 1. The molecule has 0 bridgehead atoms. The Morgan fingerprint density at radius 2 is 2.05 bits per heavy atom. The smallest absolute Gasteiger partial charge is 0.326 e. The lowest BCUT2D eigenvalue weighted by Crippen LogP contribution is -2.44. The second-order valence-electron chi connectivity index (χ2n) is 5.22. The van der Waals surface area contributed by atoms with Gasteiger partial charge in [0.2, 0.25) is 5.91 Å². The van der Waals surface area contributed by atoms with Gasteiger partial charge in [-0.05, 0) is 6.92 Å². The lowest BCUT2D eigenvalue weighted by molar-refractivity contribution is -0.149. The summed E-state index contributed by atoms with van der Waals surface area (Å²) in [4.78, 5) is 35.4. The van der Waals surface area contributed by atoms with Crippen molar-refractivity contribution in [2.24, 2.45) is 5.92 Å². The molecule has 1 amide bonds. The summed E-state index contributed by atoms with van der Waals surface area (Å²) in [7, 11) is 0. The maximum Gasteiger partial charge on any atom is 0.326 e. The van der Waals surface area contributed by atoms with E-state index in [2.05, 4.69) is 0 Å². The van der Waals surface area contributed by atoms with Gasteiger partial charge in [-0.25, -0.2) is 4.79 Å². The molecule has 1 fully saturated rings. The van der Waals surface area contributed by atoms with Gasteiger partial charge < -0.3 is 15.1 Å². The summed E-state index contributed by atoms with van der Waals surface area (Å²) in [5, 5.41) is 18.9. The Labute approximate surface area is 116 Å². The topological polar surface area (TPSA) is 94.9 Å². The molecule has 0 radical (unpaired) electrons. The number of carboxylic acid groups (broad SMARTS) is 1. The van der Waals surface area contributed by atoms with Crippen molar-refractivity contribution < 1.29 is 24.6 Å². The monoisotopic (exact) mass is 289 g/mol. The first kappa shape index (κ1) is 16.0. The molecule has 0 aromatic rings. The van der Waals surface area contributed by atoms with E-state index in [0.717, 1.165) is 11.8 Å². The number of carbonyl (C=O) groups excluding carboxylic acids is 2. The molecule has 1 heterocycles. The van der Waals surface area contributed by atoms with Crippen LogP contribution in [0, 0.1) is 5.92 Å². The number of hydrogen-bond acceptors (Lipinski definition) is 5. The average Bonchev–Trinajstić information content (AvgIpc) is 2.61. The first-order valence-corrected chi connectivity index (χ1v) is 7.01. The van der Waals surface area contributed by atoms with E-state index in [1.54, 1.807) is 6.92 Å². The summed E-state index contributed by atoms with van der Waals surface area (Å²) in [6.07, 6.45) is 0.0284. The van der Waals surface area contributed by atoms with Gasteiger partial charge in [-0.15, -0.1) is 0 Å². The molecule has 7 heteroatoms. The third kappa shape index (κ3) is 4.21. The molecule has 1 aliphatic rings. The number of nitrogens with zero attached hydrogens (tertiary/aromatic N) is 1. The molecule has 0 aliphatic carbocycles. The summed E-state index contributed by atoms with van der Waals surface area (Å²) in [6, 6.07) is -0.993. The highest BCUT2D eigenvalue weighted by Gasteiger charge is 2.46. The van der Waals surface area contributed by atoms with Crippen molar-refractivity contribution in [1.82, 2.24) is 4.90 Å². The van der Waals surface area contributed by atoms with Crippen LogP contribution in [0.1, 0.15) is 27.2 Å². The predicted molar refractivity (Wildman–Crippen MR) is 70.7 cm³/mol. The molecule has 1 aliphatic heterocycles. The third-order valence-corrected chi connectivity index (χ3v) is 4.12. The Morgan fingerprint density at radius 1 is 1.47 bits per heavy atom. The number of β-amino-alcohol motifs (C(OH)–C–C–N with tert-alkyl or cyclic N) is 1. The fourth-order valence-electron chi connectivity index (χ4n) is 2.12. The fourth-order valence-corrected chi connectivity index (χ4v) is 2.74. The van der Waals surface area contributed by atoms with Crippen LogP contribution in [0.2, 0.25) is 0 Å². The summed E-state index contributed by atoms with van der Waals surface area (Å²) < 4.78 is 0. The van der Waals surface area contributed by atoms with Gasteiger partial charge in [-0.2, -0.15) is 0 Å². The van der Waals surface area contributed by atoms with Crippen LogP contribution in [0.15, 0.2) is 0 Å². The first-order valence-electron chi connectivity index (χ1n) is 6.03. The Hall–Kier alpha value is -1.08. The lowest BCUT2D eigenvalue weighted by atomic mass is 10.0. The molecule has 2 N–H and O–H groups in total. The third-order valence-electron chi connectivity index (χ3n) is 3.05. The van der Waals surface area contributed by atoms with E-state index in [-0.39, 0.29) is 24.0 Å². The van der Waals surface area contributed by atoms with Crippen molar-refractivity contribution in [1.29, 1.82) is 0 Å². The van der Waals surface area contributed by atoms with Crippen LogP contribution in [0.3, 0.4) is 0 Å². The van der Waals surface area contributed by atoms with E-state index in [0.29, 0.717) is 5.75 Å². The zero-order chi connectivity index (χ0) is 14.8. The van der Waals surface area contributed by atoms with Crippen LogP contribution >= 0.6 is 11.8 Å². The van der Waals surface area contributed by atoms with Gasteiger partial charge in [0, 0.05) is 25.0 Å². The second-order valence-corrected chi connectivity index (χ2v) is 6.42.